The Morgan fingerprint density at radius 2 is 1.58 bits per heavy atom. The number of benzene rings is 2. The van der Waals surface area contributed by atoms with Crippen molar-refractivity contribution < 1.29 is 13.5 Å². The molecule has 2 aromatic rings. The van der Waals surface area contributed by atoms with Crippen LogP contribution in [-0.2, 0) is 16.4 Å². The number of hydrogen-bond donors (Lipinski definition) is 1. The van der Waals surface area contributed by atoms with E-state index in [1.54, 1.807) is 24.3 Å². The molecule has 0 spiro atoms. The fraction of sp³-hybridized carbons (Fsp3) is 0.333. The normalized spacial score (nSPS) is 16.3. The third-order valence-corrected chi connectivity index (χ3v) is 6.34. The van der Waals surface area contributed by atoms with Gasteiger partial charge in [0.05, 0.1) is 10.6 Å². The van der Waals surface area contributed by atoms with Crippen molar-refractivity contribution >= 4 is 15.7 Å². The molecule has 1 saturated heterocycles. The Bertz CT molecular complexity index is 795. The summed E-state index contributed by atoms with van der Waals surface area (Å²) in [6, 6.07) is 14.2. The summed E-state index contributed by atoms with van der Waals surface area (Å²) in [6.45, 7) is 3.98. The van der Waals surface area contributed by atoms with Crippen molar-refractivity contribution in [3.05, 3.63) is 54.1 Å². The summed E-state index contributed by atoms with van der Waals surface area (Å²) in [4.78, 5) is 2.36. The van der Waals surface area contributed by atoms with Gasteiger partial charge in [-0.1, -0.05) is 31.2 Å². The first-order chi connectivity index (χ1) is 11.5. The number of aromatic hydroxyl groups is 1. The lowest BCUT2D eigenvalue weighted by atomic mass is 10.2. The van der Waals surface area contributed by atoms with Crippen molar-refractivity contribution in [2.24, 2.45) is 0 Å². The van der Waals surface area contributed by atoms with Crippen LogP contribution in [0.15, 0.2) is 53.4 Å². The average Bonchev–Trinajstić information content (AvgIpc) is 2.62. The van der Waals surface area contributed by atoms with Gasteiger partial charge >= 0.3 is 0 Å². The number of piperazine rings is 1. The lowest BCUT2D eigenvalue weighted by Crippen LogP contribution is -2.48. The highest BCUT2D eigenvalue weighted by atomic mass is 32.2. The largest absolute Gasteiger partial charge is 0.506 e. The Labute approximate surface area is 143 Å². The first-order valence-corrected chi connectivity index (χ1v) is 9.58. The highest BCUT2D eigenvalue weighted by Gasteiger charge is 2.29. The molecule has 0 aliphatic carbocycles. The van der Waals surface area contributed by atoms with Crippen molar-refractivity contribution in [2.45, 2.75) is 18.2 Å². The van der Waals surface area contributed by atoms with Crippen LogP contribution in [0.3, 0.4) is 0 Å². The van der Waals surface area contributed by atoms with Crippen LogP contribution in [-0.4, -0.2) is 44.0 Å². The zero-order chi connectivity index (χ0) is 17.2. The smallest absolute Gasteiger partial charge is 0.243 e. The van der Waals surface area contributed by atoms with Gasteiger partial charge < -0.3 is 10.0 Å². The van der Waals surface area contributed by atoms with E-state index in [1.165, 1.54) is 4.31 Å². The van der Waals surface area contributed by atoms with Gasteiger partial charge in [-0.2, -0.15) is 4.31 Å². The lowest BCUT2D eigenvalue weighted by molar-refractivity contribution is 0.382. The molecule has 1 aliphatic heterocycles. The van der Waals surface area contributed by atoms with Crippen LogP contribution in [0.25, 0.3) is 0 Å². The number of hydrogen-bond acceptors (Lipinski definition) is 4. The topological polar surface area (TPSA) is 60.9 Å². The van der Waals surface area contributed by atoms with Crippen molar-refractivity contribution in [3.8, 4) is 5.75 Å². The van der Waals surface area contributed by atoms with Crippen LogP contribution in [0, 0.1) is 0 Å². The Balaban J connectivity index is 1.72. The van der Waals surface area contributed by atoms with Gasteiger partial charge in [0.15, 0.2) is 0 Å². The van der Waals surface area contributed by atoms with Crippen LogP contribution in [0.1, 0.15) is 12.5 Å². The van der Waals surface area contributed by atoms with Gasteiger partial charge in [0.2, 0.25) is 10.0 Å². The molecule has 1 N–H and O–H groups in total. The van der Waals surface area contributed by atoms with Crippen molar-refractivity contribution in [3.63, 3.8) is 0 Å². The molecule has 0 amide bonds. The van der Waals surface area contributed by atoms with E-state index in [1.807, 2.05) is 36.1 Å². The molecular formula is C18H22N2O3S. The number of para-hydroxylation sites is 2. The van der Waals surface area contributed by atoms with Gasteiger partial charge in [-0.15, -0.1) is 0 Å². The van der Waals surface area contributed by atoms with E-state index in [0.29, 0.717) is 31.1 Å². The number of aryl methyl sites for hydroxylation is 1. The molecule has 0 bridgehead atoms. The van der Waals surface area contributed by atoms with E-state index in [9.17, 15) is 13.5 Å². The number of nitrogens with zero attached hydrogens (tertiary/aromatic N) is 2. The molecule has 2 aromatic carbocycles. The summed E-state index contributed by atoms with van der Waals surface area (Å²) in [7, 11) is -3.46. The molecule has 0 saturated carbocycles. The van der Waals surface area contributed by atoms with Crippen LogP contribution in [0.5, 0.6) is 5.75 Å². The Hall–Kier alpha value is -2.05. The number of rotatable bonds is 4. The van der Waals surface area contributed by atoms with Crippen LogP contribution >= 0.6 is 0 Å². The summed E-state index contributed by atoms with van der Waals surface area (Å²) >= 11 is 0. The van der Waals surface area contributed by atoms with E-state index in [2.05, 4.69) is 0 Å². The zero-order valence-electron chi connectivity index (χ0n) is 13.7. The SMILES string of the molecule is CCc1ccc(S(=O)(=O)N2CCN(c3ccccc3O)CC2)cc1. The van der Waals surface area contributed by atoms with E-state index >= 15 is 0 Å². The molecule has 6 heteroatoms. The third kappa shape index (κ3) is 3.25. The summed E-state index contributed by atoms with van der Waals surface area (Å²) in [5, 5.41) is 9.94. The Morgan fingerprint density at radius 1 is 0.958 bits per heavy atom. The monoisotopic (exact) mass is 346 g/mol. The van der Waals surface area contributed by atoms with E-state index in [-0.39, 0.29) is 5.75 Å². The molecule has 5 nitrogen and oxygen atoms in total. The maximum atomic E-state index is 12.8. The molecule has 1 fully saturated rings. The molecule has 128 valence electrons. The minimum Gasteiger partial charge on any atom is -0.506 e. The van der Waals surface area contributed by atoms with Gasteiger partial charge in [-0.3, -0.25) is 0 Å². The number of phenols is 1. The first-order valence-electron chi connectivity index (χ1n) is 8.14. The van der Waals surface area contributed by atoms with E-state index in [4.69, 9.17) is 0 Å². The fourth-order valence-electron chi connectivity index (χ4n) is 2.95. The minimum absolute atomic E-state index is 0.226. The van der Waals surface area contributed by atoms with Gasteiger partial charge in [0.1, 0.15) is 5.75 Å². The quantitative estimate of drug-likeness (QED) is 0.924. The third-order valence-electron chi connectivity index (χ3n) is 4.43. The minimum atomic E-state index is -3.46. The summed E-state index contributed by atoms with van der Waals surface area (Å²) < 4.78 is 27.0. The highest BCUT2D eigenvalue weighted by molar-refractivity contribution is 7.89. The summed E-state index contributed by atoms with van der Waals surface area (Å²) in [5.41, 5.74) is 1.88. The maximum Gasteiger partial charge on any atom is 0.243 e. The van der Waals surface area contributed by atoms with Crippen molar-refractivity contribution in [2.75, 3.05) is 31.1 Å². The van der Waals surface area contributed by atoms with Gasteiger partial charge in [-0.05, 0) is 36.2 Å². The molecule has 0 atom stereocenters. The maximum absolute atomic E-state index is 12.8. The molecule has 1 aliphatic rings. The zero-order valence-corrected chi connectivity index (χ0v) is 14.5. The van der Waals surface area contributed by atoms with Gasteiger partial charge in [0.25, 0.3) is 0 Å². The molecule has 0 radical (unpaired) electrons. The molecule has 0 aromatic heterocycles. The van der Waals surface area contributed by atoms with Gasteiger partial charge in [0, 0.05) is 26.2 Å². The number of sulfonamides is 1. The van der Waals surface area contributed by atoms with E-state index in [0.717, 1.165) is 17.7 Å². The number of phenolic OH excluding ortho intramolecular Hbond substituents is 1. The highest BCUT2D eigenvalue weighted by Crippen LogP contribution is 2.28. The average molecular weight is 346 g/mol. The summed E-state index contributed by atoms with van der Waals surface area (Å²) in [6.07, 6.45) is 0.888. The second-order valence-corrected chi connectivity index (χ2v) is 7.82. The van der Waals surface area contributed by atoms with Crippen LogP contribution < -0.4 is 4.90 Å². The van der Waals surface area contributed by atoms with Crippen molar-refractivity contribution in [1.29, 1.82) is 0 Å². The first kappa shape index (κ1) is 16.8. The second-order valence-electron chi connectivity index (χ2n) is 5.88. The van der Waals surface area contributed by atoms with Gasteiger partial charge in [-0.25, -0.2) is 8.42 Å². The predicted octanol–water partition coefficient (Wildman–Crippen LogP) is 2.47. The van der Waals surface area contributed by atoms with Crippen LogP contribution in [0.4, 0.5) is 5.69 Å². The molecule has 3 rings (SSSR count). The number of anilines is 1. The molecular weight excluding hydrogens is 324 g/mol. The standard InChI is InChI=1S/C18H22N2O3S/c1-2-15-7-9-16(10-8-15)24(22,23)20-13-11-19(12-14-20)17-5-3-4-6-18(17)21/h3-10,21H,2,11-14H2,1H3. The Kier molecular flexibility index (Phi) is 4.78. The molecule has 0 unspecified atom stereocenters. The second kappa shape index (κ2) is 6.83. The fourth-order valence-corrected chi connectivity index (χ4v) is 4.37. The van der Waals surface area contributed by atoms with Crippen molar-refractivity contribution in [1.82, 2.24) is 4.31 Å². The predicted molar refractivity (Wildman–Crippen MR) is 94.9 cm³/mol. The molecule has 24 heavy (non-hydrogen) atoms. The summed E-state index contributed by atoms with van der Waals surface area (Å²) in [5.74, 6) is 0.226. The Morgan fingerprint density at radius 3 is 2.17 bits per heavy atom. The van der Waals surface area contributed by atoms with Crippen LogP contribution in [0.2, 0.25) is 0 Å². The van der Waals surface area contributed by atoms with E-state index < -0.39 is 10.0 Å². The lowest BCUT2D eigenvalue weighted by Gasteiger charge is -2.35. The molecule has 1 heterocycles.